The molecule has 1 aliphatic rings. The molecule has 0 aliphatic carbocycles. The fraction of sp³-hybridized carbons (Fsp3) is 0.250. The van der Waals surface area contributed by atoms with Crippen LogP contribution in [0, 0.1) is 0 Å². The minimum atomic E-state index is 0.0144. The van der Waals surface area contributed by atoms with E-state index >= 15 is 0 Å². The fourth-order valence-electron chi connectivity index (χ4n) is 2.43. The molecule has 2 aromatic carbocycles. The largest absolute Gasteiger partial charge is 0.508 e. The molecule has 0 aromatic heterocycles. The van der Waals surface area contributed by atoms with Crippen molar-refractivity contribution in [2.45, 2.75) is 12.5 Å². The number of benzene rings is 2. The Bertz CT molecular complexity index is 612. The van der Waals surface area contributed by atoms with Crippen LogP contribution in [0.4, 0.5) is 5.69 Å². The van der Waals surface area contributed by atoms with E-state index < -0.39 is 0 Å². The highest BCUT2D eigenvalue weighted by Crippen LogP contribution is 2.33. The van der Waals surface area contributed by atoms with Gasteiger partial charge < -0.3 is 19.9 Å². The summed E-state index contributed by atoms with van der Waals surface area (Å²) in [6, 6.07) is 13.0. The lowest BCUT2D eigenvalue weighted by Crippen LogP contribution is -2.32. The molecular formula is C16H17NO3. The van der Waals surface area contributed by atoms with Crippen LogP contribution in [-0.2, 0) is 6.42 Å². The molecule has 0 amide bonds. The number of rotatable bonds is 3. The Balaban J connectivity index is 1.77. The molecule has 4 heteroatoms. The normalized spacial score (nSPS) is 16.8. The molecule has 2 N–H and O–H groups in total. The molecule has 2 aromatic rings. The third kappa shape index (κ3) is 2.50. The van der Waals surface area contributed by atoms with Crippen LogP contribution in [0.3, 0.4) is 0 Å². The molecule has 0 spiro atoms. The van der Waals surface area contributed by atoms with Gasteiger partial charge in [-0.05, 0) is 23.8 Å². The summed E-state index contributed by atoms with van der Waals surface area (Å²) >= 11 is 0. The van der Waals surface area contributed by atoms with E-state index in [0.717, 1.165) is 30.0 Å². The summed E-state index contributed by atoms with van der Waals surface area (Å²) in [5.74, 6) is 1.78. The van der Waals surface area contributed by atoms with Crippen molar-refractivity contribution in [1.82, 2.24) is 0 Å². The molecule has 1 aliphatic heterocycles. The monoisotopic (exact) mass is 271 g/mol. The summed E-state index contributed by atoms with van der Waals surface area (Å²) in [5, 5.41) is 12.8. The van der Waals surface area contributed by atoms with E-state index in [1.165, 1.54) is 0 Å². The van der Waals surface area contributed by atoms with Gasteiger partial charge in [0.2, 0.25) is 0 Å². The maximum atomic E-state index is 9.52. The first-order chi connectivity index (χ1) is 9.76. The Morgan fingerprint density at radius 1 is 1.30 bits per heavy atom. The predicted molar refractivity (Wildman–Crippen MR) is 77.7 cm³/mol. The Hall–Kier alpha value is -2.36. The lowest BCUT2D eigenvalue weighted by molar-refractivity contribution is 0.204. The molecule has 1 heterocycles. The molecule has 0 fully saturated rings. The van der Waals surface area contributed by atoms with E-state index in [0.29, 0.717) is 5.75 Å². The maximum absolute atomic E-state index is 9.52. The van der Waals surface area contributed by atoms with Crippen LogP contribution in [-0.4, -0.2) is 24.9 Å². The Morgan fingerprint density at radius 2 is 2.15 bits per heavy atom. The first-order valence-electron chi connectivity index (χ1n) is 6.61. The number of phenols is 1. The first-order valence-corrected chi connectivity index (χ1v) is 6.61. The van der Waals surface area contributed by atoms with Crippen LogP contribution >= 0.6 is 0 Å². The van der Waals surface area contributed by atoms with Gasteiger partial charge in [-0.1, -0.05) is 18.2 Å². The predicted octanol–water partition coefficient (Wildman–Crippen LogP) is 2.82. The van der Waals surface area contributed by atoms with Gasteiger partial charge in [0.15, 0.2) is 0 Å². The number of fused-ring (bicyclic) bond motifs is 1. The Morgan fingerprint density at radius 3 is 3.00 bits per heavy atom. The van der Waals surface area contributed by atoms with Crippen molar-refractivity contribution in [1.29, 1.82) is 0 Å². The standard InChI is InChI=1S/C16H17NO3/c1-19-15-5-3-2-4-11(15)8-13-10-17-14-7-6-12(18)9-16(14)20-13/h2-7,9,13,17-18H,8,10H2,1H3. The van der Waals surface area contributed by atoms with Crippen molar-refractivity contribution in [2.75, 3.05) is 19.0 Å². The van der Waals surface area contributed by atoms with E-state index in [1.807, 2.05) is 30.3 Å². The van der Waals surface area contributed by atoms with Crippen molar-refractivity contribution in [3.63, 3.8) is 0 Å². The Labute approximate surface area is 118 Å². The van der Waals surface area contributed by atoms with Gasteiger partial charge in [-0.25, -0.2) is 0 Å². The van der Waals surface area contributed by atoms with Crippen molar-refractivity contribution in [3.8, 4) is 17.2 Å². The van der Waals surface area contributed by atoms with Gasteiger partial charge in [0.25, 0.3) is 0 Å². The lowest BCUT2D eigenvalue weighted by Gasteiger charge is -2.28. The molecule has 104 valence electrons. The zero-order chi connectivity index (χ0) is 13.9. The van der Waals surface area contributed by atoms with Crippen molar-refractivity contribution in [3.05, 3.63) is 48.0 Å². The Kier molecular flexibility index (Phi) is 3.37. The average Bonchev–Trinajstić information content (AvgIpc) is 2.47. The second kappa shape index (κ2) is 5.33. The topological polar surface area (TPSA) is 50.7 Å². The number of para-hydroxylation sites is 1. The number of anilines is 1. The third-order valence-electron chi connectivity index (χ3n) is 3.42. The van der Waals surface area contributed by atoms with Gasteiger partial charge in [0.1, 0.15) is 23.4 Å². The second-order valence-corrected chi connectivity index (χ2v) is 4.82. The van der Waals surface area contributed by atoms with Crippen LogP contribution in [0.1, 0.15) is 5.56 Å². The van der Waals surface area contributed by atoms with Crippen molar-refractivity contribution < 1.29 is 14.6 Å². The van der Waals surface area contributed by atoms with E-state index in [-0.39, 0.29) is 11.9 Å². The molecule has 0 saturated carbocycles. The highest BCUT2D eigenvalue weighted by atomic mass is 16.5. The smallest absolute Gasteiger partial charge is 0.146 e. The van der Waals surface area contributed by atoms with Crippen LogP contribution in [0.2, 0.25) is 0 Å². The van der Waals surface area contributed by atoms with Gasteiger partial charge in [-0.2, -0.15) is 0 Å². The molecule has 20 heavy (non-hydrogen) atoms. The van der Waals surface area contributed by atoms with E-state index in [4.69, 9.17) is 9.47 Å². The zero-order valence-corrected chi connectivity index (χ0v) is 11.3. The molecule has 0 bridgehead atoms. The van der Waals surface area contributed by atoms with Crippen LogP contribution in [0.15, 0.2) is 42.5 Å². The van der Waals surface area contributed by atoms with Crippen LogP contribution in [0.5, 0.6) is 17.2 Å². The maximum Gasteiger partial charge on any atom is 0.146 e. The third-order valence-corrected chi connectivity index (χ3v) is 3.42. The molecule has 4 nitrogen and oxygen atoms in total. The van der Waals surface area contributed by atoms with Gasteiger partial charge in [0, 0.05) is 12.5 Å². The number of hydrogen-bond donors (Lipinski definition) is 2. The molecule has 1 unspecified atom stereocenters. The number of aromatic hydroxyl groups is 1. The lowest BCUT2D eigenvalue weighted by atomic mass is 10.1. The zero-order valence-electron chi connectivity index (χ0n) is 11.3. The molecule has 1 atom stereocenters. The summed E-state index contributed by atoms with van der Waals surface area (Å²) in [6.45, 7) is 0.732. The average molecular weight is 271 g/mol. The highest BCUT2D eigenvalue weighted by molar-refractivity contribution is 5.60. The minimum absolute atomic E-state index is 0.0144. The summed E-state index contributed by atoms with van der Waals surface area (Å²) < 4.78 is 11.3. The van der Waals surface area contributed by atoms with Gasteiger partial charge in [0.05, 0.1) is 19.3 Å². The van der Waals surface area contributed by atoms with Gasteiger partial charge >= 0.3 is 0 Å². The number of ether oxygens (including phenoxy) is 2. The summed E-state index contributed by atoms with van der Waals surface area (Å²) in [4.78, 5) is 0. The summed E-state index contributed by atoms with van der Waals surface area (Å²) in [7, 11) is 1.67. The number of hydrogen-bond acceptors (Lipinski definition) is 4. The summed E-state index contributed by atoms with van der Waals surface area (Å²) in [6.07, 6.45) is 0.771. The summed E-state index contributed by atoms with van der Waals surface area (Å²) in [5.41, 5.74) is 2.03. The molecule has 0 saturated heterocycles. The second-order valence-electron chi connectivity index (χ2n) is 4.82. The van der Waals surface area contributed by atoms with E-state index in [2.05, 4.69) is 5.32 Å². The highest BCUT2D eigenvalue weighted by Gasteiger charge is 2.21. The number of methoxy groups -OCH3 is 1. The van der Waals surface area contributed by atoms with Crippen LogP contribution in [0.25, 0.3) is 0 Å². The van der Waals surface area contributed by atoms with Crippen LogP contribution < -0.4 is 14.8 Å². The molecular weight excluding hydrogens is 254 g/mol. The SMILES string of the molecule is COc1ccccc1CC1CNc2ccc(O)cc2O1. The molecule has 3 rings (SSSR count). The van der Waals surface area contributed by atoms with Gasteiger partial charge in [-0.3, -0.25) is 0 Å². The quantitative estimate of drug-likeness (QED) is 0.843. The minimum Gasteiger partial charge on any atom is -0.508 e. The van der Waals surface area contributed by atoms with E-state index in [1.54, 1.807) is 19.2 Å². The van der Waals surface area contributed by atoms with Crippen molar-refractivity contribution >= 4 is 5.69 Å². The first kappa shape index (κ1) is 12.7. The van der Waals surface area contributed by atoms with Gasteiger partial charge in [-0.15, -0.1) is 0 Å². The van der Waals surface area contributed by atoms with E-state index in [9.17, 15) is 5.11 Å². The number of phenolic OH excluding ortho intramolecular Hbond substituents is 1. The molecule has 0 radical (unpaired) electrons. The number of nitrogens with one attached hydrogen (secondary N) is 1. The van der Waals surface area contributed by atoms with Crippen molar-refractivity contribution in [2.24, 2.45) is 0 Å². The fourth-order valence-corrected chi connectivity index (χ4v) is 2.43.